The molecule has 1 rings (SSSR count). The fourth-order valence-electron chi connectivity index (χ4n) is 1.24. The third kappa shape index (κ3) is 3.26. The second-order valence-corrected chi connectivity index (χ2v) is 5.39. The molecule has 0 saturated heterocycles. The third-order valence-electron chi connectivity index (χ3n) is 2.51. The molecule has 7 heteroatoms. The highest BCUT2D eigenvalue weighted by Crippen LogP contribution is 2.28. The minimum atomic E-state index is -0.587. The Kier molecular flexibility index (Phi) is 4.01. The van der Waals surface area contributed by atoms with Gasteiger partial charge in [-0.3, -0.25) is 0 Å². The van der Waals surface area contributed by atoms with Gasteiger partial charge in [0.2, 0.25) is 6.33 Å². The average Bonchev–Trinajstić information content (AvgIpc) is 2.60. The van der Waals surface area contributed by atoms with Gasteiger partial charge in [-0.25, -0.2) is 0 Å². The maximum absolute atomic E-state index is 10.4. The number of hydrogen-bond donors (Lipinski definition) is 0. The summed E-state index contributed by atoms with van der Waals surface area (Å²) in [6.45, 7) is 7.01. The molecule has 16 heavy (non-hydrogen) atoms. The topological polar surface area (TPSA) is 73.8 Å². The van der Waals surface area contributed by atoms with Gasteiger partial charge in [-0.05, 0) is 16.3 Å². The molecule has 1 heterocycles. The molecule has 1 unspecified atom stereocenters. The number of nitro groups is 1. The Balaban J connectivity index is 2.75. The van der Waals surface area contributed by atoms with E-state index >= 15 is 0 Å². The van der Waals surface area contributed by atoms with Crippen molar-refractivity contribution in [1.82, 2.24) is 14.8 Å². The fraction of sp³-hybridized carbons (Fsp3) is 0.778. The summed E-state index contributed by atoms with van der Waals surface area (Å²) in [6.07, 6.45) is 1.40. The van der Waals surface area contributed by atoms with Crippen molar-refractivity contribution >= 4 is 21.9 Å². The van der Waals surface area contributed by atoms with Crippen LogP contribution in [-0.4, -0.2) is 25.0 Å². The quantitative estimate of drug-likeness (QED) is 0.484. The zero-order chi connectivity index (χ0) is 12.3. The van der Waals surface area contributed by atoms with Gasteiger partial charge in [0.25, 0.3) is 0 Å². The normalized spacial score (nSPS) is 13.8. The molecule has 1 aromatic rings. The second kappa shape index (κ2) is 4.90. The second-order valence-electron chi connectivity index (χ2n) is 4.74. The minimum absolute atomic E-state index is 0.115. The molecule has 90 valence electrons. The highest BCUT2D eigenvalue weighted by atomic mass is 79.9. The van der Waals surface area contributed by atoms with E-state index in [1.54, 1.807) is 0 Å². The molecule has 0 N–H and O–H groups in total. The van der Waals surface area contributed by atoms with Crippen LogP contribution in [-0.2, 0) is 6.54 Å². The Morgan fingerprint density at radius 2 is 2.25 bits per heavy atom. The summed E-state index contributed by atoms with van der Waals surface area (Å²) in [5.74, 6) is -0.00367. The van der Waals surface area contributed by atoms with Crippen LogP contribution in [0.1, 0.15) is 20.8 Å². The van der Waals surface area contributed by atoms with Crippen molar-refractivity contribution in [2.24, 2.45) is 11.3 Å². The first-order chi connectivity index (χ1) is 7.34. The molecule has 0 saturated carbocycles. The van der Waals surface area contributed by atoms with Crippen molar-refractivity contribution in [3.8, 4) is 0 Å². The molecular weight excluding hydrogens is 276 g/mol. The molecule has 0 aliphatic heterocycles. The predicted molar refractivity (Wildman–Crippen MR) is 63.4 cm³/mol. The van der Waals surface area contributed by atoms with E-state index < -0.39 is 4.92 Å². The molecule has 0 bridgehead atoms. The lowest BCUT2D eigenvalue weighted by atomic mass is 9.82. The first kappa shape index (κ1) is 13.1. The number of hydrogen-bond acceptors (Lipinski definition) is 4. The lowest BCUT2D eigenvalue weighted by molar-refractivity contribution is -0.394. The maximum atomic E-state index is 10.4. The first-order valence-electron chi connectivity index (χ1n) is 4.94. The van der Waals surface area contributed by atoms with Crippen LogP contribution in [0.25, 0.3) is 0 Å². The fourth-order valence-corrected chi connectivity index (χ4v) is 2.41. The van der Waals surface area contributed by atoms with E-state index in [1.165, 1.54) is 11.0 Å². The van der Waals surface area contributed by atoms with Crippen LogP contribution in [0.4, 0.5) is 5.95 Å². The van der Waals surface area contributed by atoms with Crippen molar-refractivity contribution in [3.05, 3.63) is 16.4 Å². The third-order valence-corrected chi connectivity index (χ3v) is 3.29. The van der Waals surface area contributed by atoms with Gasteiger partial charge >= 0.3 is 5.95 Å². The lowest BCUT2D eigenvalue weighted by Gasteiger charge is -2.28. The van der Waals surface area contributed by atoms with Gasteiger partial charge < -0.3 is 10.1 Å². The Morgan fingerprint density at radius 3 is 2.62 bits per heavy atom. The summed E-state index contributed by atoms with van der Waals surface area (Å²) in [4.78, 5) is 13.5. The standard InChI is InChI=1S/C9H15BrN4O2/c1-9(2,3)7(4-10)5-13-6-11-8(12-13)14(15)16/h6-7H,4-5H2,1-3H3. The van der Waals surface area contributed by atoms with Gasteiger partial charge in [0, 0.05) is 10.4 Å². The number of alkyl halides is 1. The molecule has 1 atom stereocenters. The van der Waals surface area contributed by atoms with Crippen LogP contribution in [0.3, 0.4) is 0 Å². The highest BCUT2D eigenvalue weighted by molar-refractivity contribution is 9.09. The van der Waals surface area contributed by atoms with Crippen LogP contribution in [0.15, 0.2) is 6.33 Å². The summed E-state index contributed by atoms with van der Waals surface area (Å²) in [7, 11) is 0. The summed E-state index contributed by atoms with van der Waals surface area (Å²) >= 11 is 3.45. The van der Waals surface area contributed by atoms with E-state index in [2.05, 4.69) is 46.8 Å². The van der Waals surface area contributed by atoms with E-state index in [0.717, 1.165) is 5.33 Å². The summed E-state index contributed by atoms with van der Waals surface area (Å²) < 4.78 is 1.52. The van der Waals surface area contributed by atoms with Crippen LogP contribution < -0.4 is 0 Å². The van der Waals surface area contributed by atoms with Crippen LogP contribution >= 0.6 is 15.9 Å². The smallest absolute Gasteiger partial charge is 0.390 e. The van der Waals surface area contributed by atoms with Gasteiger partial charge in [-0.1, -0.05) is 41.7 Å². The molecule has 0 aromatic carbocycles. The molecule has 1 aromatic heterocycles. The van der Waals surface area contributed by atoms with Gasteiger partial charge in [0.15, 0.2) is 0 Å². The van der Waals surface area contributed by atoms with Crippen molar-refractivity contribution < 1.29 is 4.92 Å². The van der Waals surface area contributed by atoms with E-state index in [0.29, 0.717) is 12.5 Å². The van der Waals surface area contributed by atoms with Crippen LogP contribution in [0.2, 0.25) is 0 Å². The molecule has 0 amide bonds. The van der Waals surface area contributed by atoms with Gasteiger partial charge in [0.05, 0.1) is 6.54 Å². The molecule has 0 radical (unpaired) electrons. The Labute approximate surface area is 102 Å². The summed E-state index contributed by atoms with van der Waals surface area (Å²) in [5, 5.41) is 15.0. The van der Waals surface area contributed by atoms with Gasteiger partial charge in [0.1, 0.15) is 0 Å². The Hall–Kier alpha value is -0.980. The predicted octanol–water partition coefficient (Wildman–Crippen LogP) is 2.24. The number of aromatic nitrogens is 3. The minimum Gasteiger partial charge on any atom is -0.390 e. The Bertz CT molecular complexity index is 372. The highest BCUT2D eigenvalue weighted by Gasteiger charge is 2.26. The van der Waals surface area contributed by atoms with E-state index in [1.807, 2.05) is 0 Å². The molecule has 0 fully saturated rings. The molecule has 0 aliphatic carbocycles. The SMILES string of the molecule is CC(C)(C)C(CBr)Cn1cnc([N+](=O)[O-])n1. The summed E-state index contributed by atoms with van der Waals surface area (Å²) in [6, 6.07) is 0. The largest absolute Gasteiger partial charge is 0.490 e. The van der Waals surface area contributed by atoms with E-state index in [4.69, 9.17) is 0 Å². The van der Waals surface area contributed by atoms with E-state index in [9.17, 15) is 10.1 Å². The van der Waals surface area contributed by atoms with Crippen molar-refractivity contribution in [2.45, 2.75) is 27.3 Å². The lowest BCUT2D eigenvalue weighted by Crippen LogP contribution is -2.26. The molecule has 0 aliphatic rings. The first-order valence-corrected chi connectivity index (χ1v) is 6.06. The molecule has 6 nitrogen and oxygen atoms in total. The number of nitrogens with zero attached hydrogens (tertiary/aromatic N) is 4. The maximum Gasteiger partial charge on any atom is 0.490 e. The zero-order valence-corrected chi connectivity index (χ0v) is 11.1. The van der Waals surface area contributed by atoms with Crippen LogP contribution in [0.5, 0.6) is 0 Å². The summed E-state index contributed by atoms with van der Waals surface area (Å²) in [5.41, 5.74) is 0.115. The van der Waals surface area contributed by atoms with Crippen LogP contribution in [0, 0.1) is 21.4 Å². The Morgan fingerprint density at radius 1 is 1.62 bits per heavy atom. The monoisotopic (exact) mass is 290 g/mol. The molecule has 0 spiro atoms. The van der Waals surface area contributed by atoms with Gasteiger partial charge in [-0.15, -0.1) is 0 Å². The van der Waals surface area contributed by atoms with E-state index in [-0.39, 0.29) is 11.4 Å². The molecular formula is C9H15BrN4O2. The number of halogens is 1. The average molecular weight is 291 g/mol. The number of rotatable bonds is 4. The van der Waals surface area contributed by atoms with Crippen molar-refractivity contribution in [2.75, 3.05) is 5.33 Å². The van der Waals surface area contributed by atoms with Crippen molar-refractivity contribution in [1.29, 1.82) is 0 Å². The van der Waals surface area contributed by atoms with Crippen molar-refractivity contribution in [3.63, 3.8) is 0 Å². The zero-order valence-electron chi connectivity index (χ0n) is 9.55. The van der Waals surface area contributed by atoms with Gasteiger partial charge in [-0.2, -0.15) is 4.68 Å².